The lowest BCUT2D eigenvalue weighted by atomic mass is 9.87. The minimum absolute atomic E-state index is 0.234. The SMILES string of the molecule is C=C1/C=C\C=C/N(/C(=C\C=C/C(CC)c2cccc(C3=CC=CCC3)c2-n2c3c(c4ccccc42)C=CC3)C2=CCCC=C2)/C=C\CCC1=C. The Hall–Kier alpha value is -5.34. The van der Waals surface area contributed by atoms with Gasteiger partial charge in [0.05, 0.1) is 16.9 Å². The quantitative estimate of drug-likeness (QED) is 0.220. The molecule has 1 aromatic heterocycles. The monoisotopic (exact) mass is 652 g/mol. The van der Waals surface area contributed by atoms with Crippen LogP contribution in [0, 0.1) is 0 Å². The summed E-state index contributed by atoms with van der Waals surface area (Å²) in [4.78, 5) is 2.26. The van der Waals surface area contributed by atoms with Crippen LogP contribution in [-0.4, -0.2) is 9.47 Å². The molecular weight excluding hydrogens is 605 g/mol. The minimum Gasteiger partial charge on any atom is -0.324 e. The molecule has 0 fully saturated rings. The largest absolute Gasteiger partial charge is 0.324 e. The number of fused-ring (bicyclic) bond motifs is 3. The molecule has 1 unspecified atom stereocenters. The van der Waals surface area contributed by atoms with E-state index in [2.05, 4.69) is 176 Å². The summed E-state index contributed by atoms with van der Waals surface area (Å²) < 4.78 is 2.59. The van der Waals surface area contributed by atoms with E-state index in [1.165, 1.54) is 55.8 Å². The van der Waals surface area contributed by atoms with Crippen molar-refractivity contribution in [2.45, 2.75) is 64.2 Å². The van der Waals surface area contributed by atoms with Crippen LogP contribution in [0.25, 0.3) is 28.2 Å². The van der Waals surface area contributed by atoms with E-state index >= 15 is 0 Å². The molecule has 1 aliphatic heterocycles. The smallest absolute Gasteiger partial charge is 0.0572 e. The van der Waals surface area contributed by atoms with Gasteiger partial charge in [0.25, 0.3) is 0 Å². The highest BCUT2D eigenvalue weighted by molar-refractivity contribution is 5.95. The van der Waals surface area contributed by atoms with E-state index in [0.717, 1.165) is 62.5 Å². The Balaban J connectivity index is 1.33. The highest BCUT2D eigenvalue weighted by atomic mass is 15.1. The van der Waals surface area contributed by atoms with Crippen molar-refractivity contribution >= 4 is 22.6 Å². The van der Waals surface area contributed by atoms with Crippen LogP contribution < -0.4 is 0 Å². The maximum absolute atomic E-state index is 4.23. The molecular formula is C48H48N2. The average Bonchev–Trinajstić information content (AvgIpc) is 3.75. The summed E-state index contributed by atoms with van der Waals surface area (Å²) in [6, 6.07) is 15.9. The first kappa shape index (κ1) is 33.2. The van der Waals surface area contributed by atoms with Gasteiger partial charge in [-0.15, -0.1) is 0 Å². The van der Waals surface area contributed by atoms with Crippen LogP contribution in [0.1, 0.15) is 80.2 Å². The maximum atomic E-state index is 4.23. The Morgan fingerprint density at radius 1 is 0.840 bits per heavy atom. The zero-order chi connectivity index (χ0) is 34.3. The molecule has 3 aliphatic carbocycles. The molecule has 0 spiro atoms. The van der Waals surface area contributed by atoms with E-state index in [-0.39, 0.29) is 5.92 Å². The van der Waals surface area contributed by atoms with Crippen LogP contribution in [0.15, 0.2) is 176 Å². The first-order valence-electron chi connectivity index (χ1n) is 18.3. The van der Waals surface area contributed by atoms with Gasteiger partial charge in [0.2, 0.25) is 0 Å². The zero-order valence-electron chi connectivity index (χ0n) is 29.4. The second-order valence-corrected chi connectivity index (χ2v) is 13.5. The predicted octanol–water partition coefficient (Wildman–Crippen LogP) is 12.9. The summed E-state index contributed by atoms with van der Waals surface area (Å²) in [7, 11) is 0. The normalized spacial score (nSPS) is 20.5. The second kappa shape index (κ2) is 15.5. The fraction of sp³-hybridized carbons (Fsp3) is 0.208. The molecule has 2 heterocycles. The number of aromatic nitrogens is 1. The number of para-hydroxylation sites is 2. The lowest BCUT2D eigenvalue weighted by molar-refractivity contribution is 0.637. The van der Waals surface area contributed by atoms with Crippen molar-refractivity contribution < 1.29 is 0 Å². The van der Waals surface area contributed by atoms with Gasteiger partial charge in [-0.25, -0.2) is 0 Å². The minimum atomic E-state index is 0.234. The molecule has 0 amide bonds. The molecule has 7 rings (SSSR count). The summed E-state index contributed by atoms with van der Waals surface area (Å²) in [5.74, 6) is 0.234. The highest BCUT2D eigenvalue weighted by Crippen LogP contribution is 2.41. The van der Waals surface area contributed by atoms with E-state index in [0.29, 0.717) is 0 Å². The molecule has 50 heavy (non-hydrogen) atoms. The summed E-state index contributed by atoms with van der Waals surface area (Å²) in [6.45, 7) is 10.7. The van der Waals surface area contributed by atoms with Crippen molar-refractivity contribution in [3.8, 4) is 5.69 Å². The van der Waals surface area contributed by atoms with E-state index in [4.69, 9.17) is 0 Å². The number of nitrogens with zero attached hydrogens (tertiary/aromatic N) is 2. The Kier molecular flexibility index (Phi) is 10.3. The highest BCUT2D eigenvalue weighted by Gasteiger charge is 2.25. The third-order valence-electron chi connectivity index (χ3n) is 10.3. The van der Waals surface area contributed by atoms with Crippen LogP contribution in [0.3, 0.4) is 0 Å². The van der Waals surface area contributed by atoms with Crippen LogP contribution in [-0.2, 0) is 6.42 Å². The van der Waals surface area contributed by atoms with Gasteiger partial charge >= 0.3 is 0 Å². The number of benzene rings is 2. The summed E-state index contributed by atoms with van der Waals surface area (Å²) in [6.07, 6.45) is 46.3. The first-order chi connectivity index (χ1) is 24.6. The second-order valence-electron chi connectivity index (χ2n) is 13.5. The molecule has 2 heteroatoms. The molecule has 4 aliphatic rings. The molecule has 0 saturated carbocycles. The number of rotatable bonds is 8. The predicted molar refractivity (Wildman–Crippen MR) is 216 cm³/mol. The van der Waals surface area contributed by atoms with Crippen molar-refractivity contribution in [2.75, 3.05) is 0 Å². The molecule has 1 atom stereocenters. The summed E-state index contributed by atoms with van der Waals surface area (Å²) in [5, 5.41) is 1.33. The Morgan fingerprint density at radius 3 is 2.58 bits per heavy atom. The molecule has 0 radical (unpaired) electrons. The molecule has 0 N–H and O–H groups in total. The van der Waals surface area contributed by atoms with Crippen LogP contribution in [0.4, 0.5) is 0 Å². The van der Waals surface area contributed by atoms with Crippen molar-refractivity contribution in [1.29, 1.82) is 0 Å². The standard InChI is InChI=1S/C48H48N2/c1-4-38(26-17-32-45(40-24-9-6-10-25-40)49-34-15-13-20-36(2)37(3)21-14-16-35-49)41-28-18-29-42(39-22-7-5-8-23-39)48(41)50-46-31-12-11-27-43(46)44-30-19-33-47(44)50/h5,7,9,11-13,15-20,22,24-32,34-35,38H,2-4,6,8,10,14,21,23,33H2,1H3/b20-13-,26-17-,34-15-,35-16-,45-32-. The molecule has 250 valence electrons. The van der Waals surface area contributed by atoms with Gasteiger partial charge in [-0.2, -0.15) is 0 Å². The van der Waals surface area contributed by atoms with E-state index in [1.54, 1.807) is 0 Å². The number of allylic oxidation sites excluding steroid dienone is 17. The Morgan fingerprint density at radius 2 is 1.74 bits per heavy atom. The third-order valence-corrected chi connectivity index (χ3v) is 10.3. The van der Waals surface area contributed by atoms with Gasteiger partial charge in [-0.05, 0) is 91.0 Å². The van der Waals surface area contributed by atoms with E-state index in [1.807, 2.05) is 0 Å². The molecule has 3 aromatic rings. The lowest BCUT2D eigenvalue weighted by Gasteiger charge is -2.24. The molecule has 2 aromatic carbocycles. The van der Waals surface area contributed by atoms with Crippen molar-refractivity contribution in [3.63, 3.8) is 0 Å². The van der Waals surface area contributed by atoms with Gasteiger partial charge in [0, 0.05) is 46.9 Å². The third kappa shape index (κ3) is 6.89. The van der Waals surface area contributed by atoms with Gasteiger partial charge in [-0.1, -0.05) is 135 Å². The Bertz CT molecular complexity index is 2110. The maximum Gasteiger partial charge on any atom is 0.0572 e. The Labute approximate surface area is 298 Å². The van der Waals surface area contributed by atoms with Gasteiger partial charge in [-0.3, -0.25) is 0 Å². The van der Waals surface area contributed by atoms with Crippen LogP contribution >= 0.6 is 0 Å². The summed E-state index contributed by atoms with van der Waals surface area (Å²) in [5.41, 5.74) is 14.0. The average molecular weight is 653 g/mol. The summed E-state index contributed by atoms with van der Waals surface area (Å²) >= 11 is 0. The fourth-order valence-electron chi connectivity index (χ4n) is 7.57. The van der Waals surface area contributed by atoms with Crippen molar-refractivity contribution in [2.24, 2.45) is 0 Å². The van der Waals surface area contributed by atoms with Crippen LogP contribution in [0.5, 0.6) is 0 Å². The fourth-order valence-corrected chi connectivity index (χ4v) is 7.57. The van der Waals surface area contributed by atoms with Crippen molar-refractivity contribution in [3.05, 3.63) is 198 Å². The molecule has 0 saturated heterocycles. The van der Waals surface area contributed by atoms with Gasteiger partial charge < -0.3 is 9.47 Å². The topological polar surface area (TPSA) is 8.17 Å². The zero-order valence-corrected chi connectivity index (χ0v) is 29.4. The molecule has 0 bridgehead atoms. The first-order valence-corrected chi connectivity index (χ1v) is 18.3. The van der Waals surface area contributed by atoms with E-state index < -0.39 is 0 Å². The van der Waals surface area contributed by atoms with Crippen molar-refractivity contribution in [1.82, 2.24) is 9.47 Å². The number of hydrogen-bond donors (Lipinski definition) is 0. The number of hydrogen-bond acceptors (Lipinski definition) is 1. The lowest BCUT2D eigenvalue weighted by Crippen LogP contribution is -2.11. The van der Waals surface area contributed by atoms with Crippen LogP contribution in [0.2, 0.25) is 0 Å². The molecule has 2 nitrogen and oxygen atoms in total. The van der Waals surface area contributed by atoms with Gasteiger partial charge in [0.1, 0.15) is 0 Å². The van der Waals surface area contributed by atoms with E-state index in [9.17, 15) is 0 Å². The van der Waals surface area contributed by atoms with Gasteiger partial charge in [0.15, 0.2) is 0 Å².